The van der Waals surface area contributed by atoms with E-state index in [1.54, 1.807) is 25.1 Å². The fourth-order valence-corrected chi connectivity index (χ4v) is 3.57. The Bertz CT molecular complexity index is 976. The number of carbonyl (C=O) groups is 1. The van der Waals surface area contributed by atoms with Crippen LogP contribution in [0.1, 0.15) is 28.9 Å². The third-order valence-corrected chi connectivity index (χ3v) is 5.22. The fourth-order valence-electron chi connectivity index (χ4n) is 3.57. The number of benzene rings is 1. The molecule has 0 unspecified atom stereocenters. The van der Waals surface area contributed by atoms with Crippen LogP contribution in [0.4, 0.5) is 4.39 Å². The average Bonchev–Trinajstić information content (AvgIpc) is 3.08. The molecule has 1 saturated heterocycles. The van der Waals surface area contributed by atoms with Gasteiger partial charge in [-0.2, -0.15) is 0 Å². The second kappa shape index (κ2) is 7.08. The highest BCUT2D eigenvalue weighted by molar-refractivity contribution is 6.07. The van der Waals surface area contributed by atoms with Crippen LogP contribution in [0.15, 0.2) is 34.9 Å². The molecule has 0 bridgehead atoms. The number of amides is 1. The quantitative estimate of drug-likeness (QED) is 0.768. The Morgan fingerprint density at radius 3 is 2.67 bits per heavy atom. The number of pyridine rings is 1. The molecule has 1 amide bonds. The molecule has 0 atom stereocenters. The predicted molar refractivity (Wildman–Crippen MR) is 99.6 cm³/mol. The zero-order valence-corrected chi connectivity index (χ0v) is 15.1. The van der Waals surface area contributed by atoms with Gasteiger partial charge in [-0.25, -0.2) is 9.37 Å². The molecule has 2 aromatic heterocycles. The lowest BCUT2D eigenvalue weighted by Crippen LogP contribution is -2.40. The number of piperidine rings is 1. The smallest absolute Gasteiger partial charge is 0.259 e. The molecule has 140 valence electrons. The Morgan fingerprint density at radius 2 is 2.00 bits per heavy atom. The lowest BCUT2D eigenvalue weighted by Gasteiger charge is -2.31. The lowest BCUT2D eigenvalue weighted by atomic mass is 9.96. The van der Waals surface area contributed by atoms with Gasteiger partial charge >= 0.3 is 0 Å². The van der Waals surface area contributed by atoms with E-state index >= 15 is 0 Å². The summed E-state index contributed by atoms with van der Waals surface area (Å²) in [6.07, 6.45) is 1.81. The Balaban J connectivity index is 1.75. The fraction of sp³-hybridized carbons (Fsp3) is 0.350. The first kappa shape index (κ1) is 17.6. The topological polar surface area (TPSA) is 85.2 Å². The summed E-state index contributed by atoms with van der Waals surface area (Å²) >= 11 is 0. The minimum Gasteiger partial charge on any atom is -0.339 e. The van der Waals surface area contributed by atoms with Crippen molar-refractivity contribution in [3.8, 4) is 11.3 Å². The molecule has 1 aliphatic rings. The van der Waals surface area contributed by atoms with Crippen LogP contribution >= 0.6 is 0 Å². The van der Waals surface area contributed by atoms with Gasteiger partial charge in [-0.15, -0.1) is 0 Å². The number of fused-ring (bicyclic) bond motifs is 1. The minimum absolute atomic E-state index is 0.0625. The molecule has 2 N–H and O–H groups in total. The van der Waals surface area contributed by atoms with Gasteiger partial charge in [0.05, 0.1) is 22.3 Å². The zero-order chi connectivity index (χ0) is 19.0. The van der Waals surface area contributed by atoms with Crippen LogP contribution in [-0.4, -0.2) is 40.6 Å². The maximum atomic E-state index is 13.3. The summed E-state index contributed by atoms with van der Waals surface area (Å²) in [6, 6.07) is 7.75. The summed E-state index contributed by atoms with van der Waals surface area (Å²) in [4.78, 5) is 19.6. The van der Waals surface area contributed by atoms with Gasteiger partial charge in [-0.3, -0.25) is 4.79 Å². The number of aryl methyl sites for hydroxylation is 1. The number of halogens is 1. The molecule has 3 heterocycles. The molecule has 27 heavy (non-hydrogen) atoms. The molecule has 1 aliphatic heterocycles. The monoisotopic (exact) mass is 368 g/mol. The number of hydrogen-bond donors (Lipinski definition) is 1. The normalized spacial score (nSPS) is 15.4. The van der Waals surface area contributed by atoms with Crippen molar-refractivity contribution < 1.29 is 13.7 Å². The lowest BCUT2D eigenvalue weighted by molar-refractivity contribution is 0.0695. The van der Waals surface area contributed by atoms with Crippen LogP contribution in [0, 0.1) is 18.7 Å². The first-order chi connectivity index (χ1) is 13.1. The Morgan fingerprint density at radius 1 is 1.30 bits per heavy atom. The number of likely N-dealkylation sites (tertiary alicyclic amines) is 1. The third-order valence-electron chi connectivity index (χ3n) is 5.22. The van der Waals surface area contributed by atoms with Gasteiger partial charge in [0.2, 0.25) is 0 Å². The predicted octanol–water partition coefficient (Wildman–Crippen LogP) is 3.15. The number of carbonyl (C=O) groups excluding carboxylic acids is 1. The highest BCUT2D eigenvalue weighted by Gasteiger charge is 2.26. The van der Waals surface area contributed by atoms with Crippen LogP contribution in [-0.2, 0) is 0 Å². The van der Waals surface area contributed by atoms with E-state index in [4.69, 9.17) is 10.3 Å². The van der Waals surface area contributed by atoms with E-state index in [-0.39, 0.29) is 11.7 Å². The summed E-state index contributed by atoms with van der Waals surface area (Å²) in [7, 11) is 0. The molecule has 4 rings (SSSR count). The van der Waals surface area contributed by atoms with E-state index in [1.165, 1.54) is 12.1 Å². The Hall–Kier alpha value is -2.80. The number of hydrogen-bond acceptors (Lipinski definition) is 5. The highest BCUT2D eigenvalue weighted by Crippen LogP contribution is 2.29. The van der Waals surface area contributed by atoms with Crippen molar-refractivity contribution in [3.63, 3.8) is 0 Å². The zero-order valence-electron chi connectivity index (χ0n) is 15.1. The molecule has 1 aromatic carbocycles. The maximum absolute atomic E-state index is 13.3. The van der Waals surface area contributed by atoms with Crippen molar-refractivity contribution >= 4 is 17.0 Å². The second-order valence-corrected chi connectivity index (χ2v) is 6.98. The molecule has 0 spiro atoms. The van der Waals surface area contributed by atoms with Crippen LogP contribution in [0.25, 0.3) is 22.4 Å². The third kappa shape index (κ3) is 3.30. The van der Waals surface area contributed by atoms with Crippen LogP contribution in [0.3, 0.4) is 0 Å². The maximum Gasteiger partial charge on any atom is 0.259 e. The summed E-state index contributed by atoms with van der Waals surface area (Å²) in [5, 5.41) is 4.60. The van der Waals surface area contributed by atoms with E-state index in [2.05, 4.69) is 10.1 Å². The number of rotatable bonds is 3. The molecule has 0 saturated carbocycles. The molecule has 7 heteroatoms. The molecule has 6 nitrogen and oxygen atoms in total. The molecule has 1 fully saturated rings. The van der Waals surface area contributed by atoms with Gasteiger partial charge in [-0.1, -0.05) is 5.16 Å². The molecule has 0 radical (unpaired) electrons. The summed E-state index contributed by atoms with van der Waals surface area (Å²) in [6.45, 7) is 3.81. The van der Waals surface area contributed by atoms with Gasteiger partial charge in [-0.05, 0) is 62.6 Å². The van der Waals surface area contributed by atoms with Gasteiger partial charge < -0.3 is 15.2 Å². The number of nitrogens with two attached hydrogens (primary N) is 1. The van der Waals surface area contributed by atoms with E-state index in [9.17, 15) is 9.18 Å². The largest absolute Gasteiger partial charge is 0.339 e. The van der Waals surface area contributed by atoms with Gasteiger partial charge in [0.1, 0.15) is 5.82 Å². The summed E-state index contributed by atoms with van der Waals surface area (Å²) in [5.41, 5.74) is 8.48. The van der Waals surface area contributed by atoms with Crippen molar-refractivity contribution in [2.24, 2.45) is 11.7 Å². The summed E-state index contributed by atoms with van der Waals surface area (Å²) < 4.78 is 18.6. The number of nitrogens with zero attached hydrogens (tertiary/aromatic N) is 3. The van der Waals surface area contributed by atoms with Crippen molar-refractivity contribution in [2.45, 2.75) is 19.8 Å². The SMILES string of the molecule is Cc1noc2nc(-c3ccc(F)cc3)cc(C(=O)N3CCC(CN)CC3)c12. The minimum atomic E-state index is -0.325. The van der Waals surface area contributed by atoms with Crippen molar-refractivity contribution in [1.82, 2.24) is 15.0 Å². The van der Waals surface area contributed by atoms with Crippen molar-refractivity contribution in [1.29, 1.82) is 0 Å². The molecule has 3 aromatic rings. The van der Waals surface area contributed by atoms with E-state index in [0.29, 0.717) is 59.2 Å². The second-order valence-electron chi connectivity index (χ2n) is 6.98. The van der Waals surface area contributed by atoms with Crippen molar-refractivity contribution in [3.05, 3.63) is 47.4 Å². The Kier molecular flexibility index (Phi) is 4.61. The highest BCUT2D eigenvalue weighted by atomic mass is 19.1. The van der Waals surface area contributed by atoms with Gasteiger partial charge in [0, 0.05) is 18.7 Å². The molecular formula is C20H21FN4O2. The van der Waals surface area contributed by atoms with E-state index in [1.807, 2.05) is 4.90 Å². The first-order valence-corrected chi connectivity index (χ1v) is 9.09. The van der Waals surface area contributed by atoms with E-state index in [0.717, 1.165) is 12.8 Å². The molecular weight excluding hydrogens is 347 g/mol. The average molecular weight is 368 g/mol. The van der Waals surface area contributed by atoms with Crippen molar-refractivity contribution in [2.75, 3.05) is 19.6 Å². The van der Waals surface area contributed by atoms with Crippen LogP contribution < -0.4 is 5.73 Å². The van der Waals surface area contributed by atoms with Gasteiger partial charge in [0.15, 0.2) is 0 Å². The summed E-state index contributed by atoms with van der Waals surface area (Å²) in [5.74, 6) is 0.0839. The number of aromatic nitrogens is 2. The molecule has 0 aliphatic carbocycles. The standard InChI is InChI=1S/C20H21FN4O2/c1-12-18-16(20(26)25-8-6-13(11-22)7-9-25)10-17(23-19(18)27-24-12)14-2-4-15(21)5-3-14/h2-5,10,13H,6-9,11,22H2,1H3. The first-order valence-electron chi connectivity index (χ1n) is 9.09. The van der Waals surface area contributed by atoms with Crippen LogP contribution in [0.2, 0.25) is 0 Å². The van der Waals surface area contributed by atoms with Crippen LogP contribution in [0.5, 0.6) is 0 Å². The van der Waals surface area contributed by atoms with E-state index < -0.39 is 0 Å². The Labute approximate surface area is 156 Å². The van der Waals surface area contributed by atoms with Gasteiger partial charge in [0.25, 0.3) is 11.6 Å².